The summed E-state index contributed by atoms with van der Waals surface area (Å²) in [7, 11) is 0. The molecule has 0 spiro atoms. The van der Waals surface area contributed by atoms with Crippen LogP contribution in [0.3, 0.4) is 0 Å². The number of hydrogen-bond donors (Lipinski definition) is 1. The Hall–Kier alpha value is -4.14. The number of fused-ring (bicyclic) bond motifs is 1. The zero-order valence-corrected chi connectivity index (χ0v) is 18.3. The van der Waals surface area contributed by atoms with Gasteiger partial charge in [0.25, 0.3) is 5.56 Å². The summed E-state index contributed by atoms with van der Waals surface area (Å²) in [6, 6.07) is 13.6. The first-order valence-electron chi connectivity index (χ1n) is 10.5. The number of benzene rings is 2. The van der Waals surface area contributed by atoms with Crippen molar-refractivity contribution in [1.29, 1.82) is 0 Å². The number of esters is 1. The zero-order chi connectivity index (χ0) is 23.4. The molecule has 4 aromatic rings. The van der Waals surface area contributed by atoms with Crippen molar-refractivity contribution in [2.75, 3.05) is 6.61 Å². The summed E-state index contributed by atoms with van der Waals surface area (Å²) in [5, 5.41) is 4.32. The Morgan fingerprint density at radius 1 is 1.09 bits per heavy atom. The lowest BCUT2D eigenvalue weighted by Gasteiger charge is -2.11. The molecular formula is C24H23N3O6. The number of aromatic nitrogens is 3. The van der Waals surface area contributed by atoms with Crippen LogP contribution in [0.5, 0.6) is 5.75 Å². The summed E-state index contributed by atoms with van der Waals surface area (Å²) in [6.45, 7) is 3.98. The highest BCUT2D eigenvalue weighted by atomic mass is 16.5. The van der Waals surface area contributed by atoms with E-state index in [2.05, 4.69) is 10.1 Å². The highest BCUT2D eigenvalue weighted by Crippen LogP contribution is 2.22. The van der Waals surface area contributed by atoms with E-state index in [0.29, 0.717) is 28.8 Å². The van der Waals surface area contributed by atoms with Crippen LogP contribution in [0, 0.1) is 13.8 Å². The predicted octanol–water partition coefficient (Wildman–Crippen LogP) is 3.12. The second-order valence-corrected chi connectivity index (χ2v) is 7.51. The highest BCUT2D eigenvalue weighted by Gasteiger charge is 2.16. The molecule has 0 saturated heterocycles. The molecule has 0 unspecified atom stereocenters. The molecular weight excluding hydrogens is 426 g/mol. The van der Waals surface area contributed by atoms with Crippen molar-refractivity contribution < 1.29 is 18.8 Å². The fourth-order valence-electron chi connectivity index (χ4n) is 3.49. The second-order valence-electron chi connectivity index (χ2n) is 7.51. The van der Waals surface area contributed by atoms with Gasteiger partial charge in [0.2, 0.25) is 0 Å². The molecule has 0 radical (unpaired) electrons. The standard InChI is InChI=1S/C24H23N3O6/c1-15-19(16(2)33-26-15)14-32-21-11-6-4-9-18(21)23(29)31-13-7-12-27-22(28)17-8-3-5-10-20(17)25-24(27)30/h3-6,8-11H,7,12-14H2,1-2H3,(H,25,30). The minimum atomic E-state index is -0.552. The van der Waals surface area contributed by atoms with Gasteiger partial charge in [0, 0.05) is 6.54 Å². The first-order chi connectivity index (χ1) is 16.0. The Kier molecular flexibility index (Phi) is 6.39. The van der Waals surface area contributed by atoms with Gasteiger partial charge in [-0.2, -0.15) is 0 Å². The van der Waals surface area contributed by atoms with Crippen LogP contribution in [-0.2, 0) is 17.9 Å². The quantitative estimate of drug-likeness (QED) is 0.324. The van der Waals surface area contributed by atoms with Gasteiger partial charge >= 0.3 is 11.7 Å². The minimum Gasteiger partial charge on any atom is -0.488 e. The number of nitrogens with one attached hydrogen (secondary N) is 1. The molecule has 9 heteroatoms. The number of H-pyrrole nitrogens is 1. The Balaban J connectivity index is 1.38. The van der Waals surface area contributed by atoms with Crippen molar-refractivity contribution in [3.8, 4) is 5.75 Å². The Bertz CT molecular complexity index is 1400. The van der Waals surface area contributed by atoms with Crippen LogP contribution >= 0.6 is 0 Å². The molecule has 0 aliphatic rings. The molecule has 0 atom stereocenters. The van der Waals surface area contributed by atoms with Crippen molar-refractivity contribution in [1.82, 2.24) is 14.7 Å². The summed E-state index contributed by atoms with van der Waals surface area (Å²) in [5.74, 6) is 0.486. The van der Waals surface area contributed by atoms with E-state index in [1.54, 1.807) is 55.5 Å². The molecule has 0 fully saturated rings. The lowest BCUT2D eigenvalue weighted by atomic mass is 10.2. The fourth-order valence-corrected chi connectivity index (χ4v) is 3.49. The van der Waals surface area contributed by atoms with Gasteiger partial charge in [0.1, 0.15) is 23.7 Å². The molecule has 1 N–H and O–H groups in total. The Morgan fingerprint density at radius 3 is 2.64 bits per heavy atom. The van der Waals surface area contributed by atoms with E-state index in [9.17, 15) is 14.4 Å². The molecule has 0 saturated carbocycles. The first kappa shape index (κ1) is 22.1. The molecule has 2 aromatic heterocycles. The number of carbonyl (C=O) groups is 1. The number of aromatic amines is 1. The number of aryl methyl sites for hydroxylation is 2. The zero-order valence-electron chi connectivity index (χ0n) is 18.3. The van der Waals surface area contributed by atoms with Gasteiger partial charge in [-0.1, -0.05) is 29.4 Å². The van der Waals surface area contributed by atoms with E-state index in [-0.39, 0.29) is 30.9 Å². The number of carbonyl (C=O) groups excluding carboxylic acids is 1. The largest absolute Gasteiger partial charge is 0.488 e. The average Bonchev–Trinajstić information content (AvgIpc) is 3.14. The molecule has 0 amide bonds. The van der Waals surface area contributed by atoms with E-state index in [1.807, 2.05) is 6.92 Å². The topological polar surface area (TPSA) is 116 Å². The highest BCUT2D eigenvalue weighted by molar-refractivity contribution is 5.92. The summed E-state index contributed by atoms with van der Waals surface area (Å²) in [5.41, 5.74) is 1.45. The van der Waals surface area contributed by atoms with Gasteiger partial charge < -0.3 is 19.0 Å². The van der Waals surface area contributed by atoms with Gasteiger partial charge in [-0.15, -0.1) is 0 Å². The molecule has 0 aliphatic heterocycles. The van der Waals surface area contributed by atoms with Gasteiger partial charge in [0.15, 0.2) is 0 Å². The Morgan fingerprint density at radius 2 is 1.85 bits per heavy atom. The third-order valence-corrected chi connectivity index (χ3v) is 5.31. The van der Waals surface area contributed by atoms with Gasteiger partial charge in [0.05, 0.1) is 28.8 Å². The van der Waals surface area contributed by atoms with Crippen LogP contribution < -0.4 is 16.0 Å². The third kappa shape index (κ3) is 4.72. The lowest BCUT2D eigenvalue weighted by molar-refractivity contribution is 0.0490. The summed E-state index contributed by atoms with van der Waals surface area (Å²) in [4.78, 5) is 40.1. The van der Waals surface area contributed by atoms with E-state index in [4.69, 9.17) is 14.0 Å². The van der Waals surface area contributed by atoms with Crippen molar-refractivity contribution >= 4 is 16.9 Å². The van der Waals surface area contributed by atoms with E-state index in [0.717, 1.165) is 15.8 Å². The molecule has 33 heavy (non-hydrogen) atoms. The molecule has 2 aromatic carbocycles. The molecule has 9 nitrogen and oxygen atoms in total. The van der Waals surface area contributed by atoms with E-state index in [1.165, 1.54) is 0 Å². The lowest BCUT2D eigenvalue weighted by Crippen LogP contribution is -2.35. The van der Waals surface area contributed by atoms with Gasteiger partial charge in [-0.25, -0.2) is 9.59 Å². The number of hydrogen-bond acceptors (Lipinski definition) is 7. The van der Waals surface area contributed by atoms with Crippen LogP contribution in [0.1, 0.15) is 33.8 Å². The number of para-hydroxylation sites is 2. The monoisotopic (exact) mass is 449 g/mol. The maximum absolute atomic E-state index is 12.6. The second kappa shape index (κ2) is 9.56. The molecule has 2 heterocycles. The fraction of sp³-hybridized carbons (Fsp3) is 0.250. The van der Waals surface area contributed by atoms with E-state index >= 15 is 0 Å². The van der Waals surface area contributed by atoms with Crippen LogP contribution in [0.4, 0.5) is 0 Å². The van der Waals surface area contributed by atoms with Crippen molar-refractivity contribution in [3.63, 3.8) is 0 Å². The number of ether oxygens (including phenoxy) is 2. The minimum absolute atomic E-state index is 0.0374. The maximum atomic E-state index is 12.6. The normalized spacial score (nSPS) is 11.0. The van der Waals surface area contributed by atoms with Crippen molar-refractivity contribution in [3.05, 3.63) is 92.0 Å². The van der Waals surface area contributed by atoms with Gasteiger partial charge in [-0.05, 0) is 44.5 Å². The average molecular weight is 449 g/mol. The summed E-state index contributed by atoms with van der Waals surface area (Å²) >= 11 is 0. The summed E-state index contributed by atoms with van der Waals surface area (Å²) < 4.78 is 17.4. The number of rotatable bonds is 8. The molecule has 4 rings (SSSR count). The van der Waals surface area contributed by atoms with Gasteiger partial charge in [-0.3, -0.25) is 9.36 Å². The molecule has 0 bridgehead atoms. The maximum Gasteiger partial charge on any atom is 0.341 e. The van der Waals surface area contributed by atoms with Crippen LogP contribution in [0.2, 0.25) is 0 Å². The van der Waals surface area contributed by atoms with Crippen molar-refractivity contribution in [2.24, 2.45) is 0 Å². The Labute approximate surface area is 188 Å². The SMILES string of the molecule is Cc1noc(C)c1COc1ccccc1C(=O)OCCCn1c(=O)[nH]c2ccccc2c1=O. The van der Waals surface area contributed by atoms with Crippen LogP contribution in [-0.4, -0.2) is 27.3 Å². The third-order valence-electron chi connectivity index (χ3n) is 5.31. The van der Waals surface area contributed by atoms with E-state index < -0.39 is 11.7 Å². The molecule has 0 aliphatic carbocycles. The van der Waals surface area contributed by atoms with Crippen LogP contribution in [0.25, 0.3) is 10.9 Å². The molecule has 170 valence electrons. The number of nitrogens with zero attached hydrogens (tertiary/aromatic N) is 2. The summed E-state index contributed by atoms with van der Waals surface area (Å²) in [6.07, 6.45) is 0.301. The van der Waals surface area contributed by atoms with Crippen molar-refractivity contribution in [2.45, 2.75) is 33.4 Å². The first-order valence-corrected chi connectivity index (χ1v) is 10.5. The van der Waals surface area contributed by atoms with Crippen LogP contribution in [0.15, 0.2) is 62.6 Å². The smallest absolute Gasteiger partial charge is 0.341 e. The predicted molar refractivity (Wildman–Crippen MR) is 120 cm³/mol.